The van der Waals surface area contributed by atoms with Gasteiger partial charge < -0.3 is 5.32 Å². The number of nitriles is 1. The zero-order chi connectivity index (χ0) is 14.7. The molecule has 0 fully saturated rings. The van der Waals surface area contributed by atoms with Crippen molar-refractivity contribution in [2.75, 3.05) is 5.32 Å². The van der Waals surface area contributed by atoms with Gasteiger partial charge in [-0.3, -0.25) is 0 Å². The van der Waals surface area contributed by atoms with Gasteiger partial charge in [-0.15, -0.1) is 0 Å². The number of rotatable bonds is 3. The molecular formula is C16H14Cl2N2. The van der Waals surface area contributed by atoms with Gasteiger partial charge in [0.15, 0.2) is 0 Å². The van der Waals surface area contributed by atoms with Crippen LogP contribution in [0.15, 0.2) is 36.4 Å². The molecule has 0 radical (unpaired) electrons. The predicted molar refractivity (Wildman–Crippen MR) is 84.4 cm³/mol. The molecule has 0 aliphatic carbocycles. The summed E-state index contributed by atoms with van der Waals surface area (Å²) in [5.41, 5.74) is 3.43. The highest BCUT2D eigenvalue weighted by Gasteiger charge is 2.12. The van der Waals surface area contributed by atoms with Gasteiger partial charge in [0.1, 0.15) is 6.07 Å². The van der Waals surface area contributed by atoms with E-state index >= 15 is 0 Å². The van der Waals surface area contributed by atoms with E-state index in [1.807, 2.05) is 38.1 Å². The van der Waals surface area contributed by atoms with E-state index in [4.69, 9.17) is 23.2 Å². The minimum atomic E-state index is -0.0189. The first-order valence-corrected chi connectivity index (χ1v) is 6.99. The normalized spacial score (nSPS) is 11.8. The lowest BCUT2D eigenvalue weighted by molar-refractivity contribution is 0.884. The zero-order valence-electron chi connectivity index (χ0n) is 11.2. The smallest absolute Gasteiger partial charge is 0.101 e. The van der Waals surface area contributed by atoms with Crippen molar-refractivity contribution in [1.82, 2.24) is 0 Å². The molecule has 0 saturated heterocycles. The standard InChI is InChI=1S/C16H14Cl2N2/c1-10-3-6-16(12(7-10)9-19)20-11(2)14-5-4-13(17)8-15(14)18/h3-8,11,20H,1-2H3. The average Bonchev–Trinajstić information content (AvgIpc) is 2.40. The van der Waals surface area contributed by atoms with Crippen LogP contribution >= 0.6 is 23.2 Å². The molecule has 1 N–H and O–H groups in total. The van der Waals surface area contributed by atoms with Gasteiger partial charge in [-0.1, -0.05) is 35.3 Å². The number of aryl methyl sites for hydroxylation is 1. The lowest BCUT2D eigenvalue weighted by atomic mass is 10.1. The summed E-state index contributed by atoms with van der Waals surface area (Å²) in [5.74, 6) is 0. The molecule has 0 amide bonds. The van der Waals surface area contributed by atoms with Gasteiger partial charge in [0.05, 0.1) is 17.3 Å². The topological polar surface area (TPSA) is 35.8 Å². The summed E-state index contributed by atoms with van der Waals surface area (Å²) < 4.78 is 0. The minimum Gasteiger partial charge on any atom is -0.377 e. The quantitative estimate of drug-likeness (QED) is 0.830. The Kier molecular flexibility index (Phi) is 4.54. The largest absolute Gasteiger partial charge is 0.377 e. The summed E-state index contributed by atoms with van der Waals surface area (Å²) in [7, 11) is 0. The Morgan fingerprint density at radius 3 is 2.55 bits per heavy atom. The van der Waals surface area contributed by atoms with Crippen molar-refractivity contribution in [3.8, 4) is 6.07 Å². The fraction of sp³-hybridized carbons (Fsp3) is 0.188. The molecule has 0 aromatic heterocycles. The summed E-state index contributed by atoms with van der Waals surface area (Å²) in [4.78, 5) is 0. The Morgan fingerprint density at radius 2 is 1.90 bits per heavy atom. The molecule has 0 spiro atoms. The van der Waals surface area contributed by atoms with E-state index in [9.17, 15) is 5.26 Å². The zero-order valence-corrected chi connectivity index (χ0v) is 12.8. The van der Waals surface area contributed by atoms with Crippen molar-refractivity contribution in [2.24, 2.45) is 0 Å². The Bertz CT molecular complexity index is 675. The number of nitrogens with zero attached hydrogens (tertiary/aromatic N) is 1. The van der Waals surface area contributed by atoms with Gasteiger partial charge in [0.2, 0.25) is 0 Å². The highest BCUT2D eigenvalue weighted by atomic mass is 35.5. The van der Waals surface area contributed by atoms with Crippen molar-refractivity contribution >= 4 is 28.9 Å². The number of anilines is 1. The summed E-state index contributed by atoms with van der Waals surface area (Å²) in [6, 6.07) is 13.3. The Morgan fingerprint density at radius 1 is 1.15 bits per heavy atom. The Balaban J connectivity index is 2.28. The fourth-order valence-electron chi connectivity index (χ4n) is 2.04. The van der Waals surface area contributed by atoms with Crippen LogP contribution in [0.4, 0.5) is 5.69 Å². The average molecular weight is 305 g/mol. The van der Waals surface area contributed by atoms with E-state index in [1.165, 1.54) is 0 Å². The number of nitrogens with one attached hydrogen (secondary N) is 1. The number of hydrogen-bond acceptors (Lipinski definition) is 2. The summed E-state index contributed by atoms with van der Waals surface area (Å²) in [6.07, 6.45) is 0. The highest BCUT2D eigenvalue weighted by Crippen LogP contribution is 2.29. The molecule has 2 nitrogen and oxygen atoms in total. The molecule has 2 aromatic carbocycles. The maximum atomic E-state index is 9.18. The van der Waals surface area contributed by atoms with Crippen LogP contribution in [-0.2, 0) is 0 Å². The highest BCUT2D eigenvalue weighted by molar-refractivity contribution is 6.35. The first-order valence-electron chi connectivity index (χ1n) is 6.23. The molecule has 102 valence electrons. The minimum absolute atomic E-state index is 0.0189. The lowest BCUT2D eigenvalue weighted by Gasteiger charge is -2.18. The molecule has 20 heavy (non-hydrogen) atoms. The third-order valence-electron chi connectivity index (χ3n) is 3.10. The van der Waals surface area contributed by atoms with Gasteiger partial charge in [-0.05, 0) is 49.2 Å². The number of benzene rings is 2. The van der Waals surface area contributed by atoms with E-state index in [2.05, 4.69) is 11.4 Å². The third-order valence-corrected chi connectivity index (χ3v) is 3.66. The monoisotopic (exact) mass is 304 g/mol. The molecule has 2 aromatic rings. The number of halogens is 2. The van der Waals surface area contributed by atoms with Crippen LogP contribution < -0.4 is 5.32 Å². The van der Waals surface area contributed by atoms with E-state index in [0.29, 0.717) is 15.6 Å². The fourth-order valence-corrected chi connectivity index (χ4v) is 2.61. The van der Waals surface area contributed by atoms with Gasteiger partial charge >= 0.3 is 0 Å². The molecule has 2 rings (SSSR count). The molecule has 0 heterocycles. The number of hydrogen-bond donors (Lipinski definition) is 1. The second kappa shape index (κ2) is 6.17. The molecule has 0 saturated carbocycles. The first-order chi connectivity index (χ1) is 9.51. The molecule has 1 unspecified atom stereocenters. The SMILES string of the molecule is Cc1ccc(NC(C)c2ccc(Cl)cc2Cl)c(C#N)c1. The van der Waals surface area contributed by atoms with Crippen LogP contribution in [0, 0.1) is 18.3 Å². The molecule has 4 heteroatoms. The van der Waals surface area contributed by atoms with Crippen molar-refractivity contribution in [1.29, 1.82) is 5.26 Å². The Hall–Kier alpha value is -1.69. The first kappa shape index (κ1) is 14.7. The van der Waals surface area contributed by atoms with Crippen molar-refractivity contribution in [3.05, 3.63) is 63.1 Å². The van der Waals surface area contributed by atoms with Crippen LogP contribution in [0.25, 0.3) is 0 Å². The van der Waals surface area contributed by atoms with Gasteiger partial charge in [0.25, 0.3) is 0 Å². The van der Waals surface area contributed by atoms with Crippen molar-refractivity contribution in [3.63, 3.8) is 0 Å². The second-order valence-corrected chi connectivity index (χ2v) is 5.54. The molecule has 0 bridgehead atoms. The molecular weight excluding hydrogens is 291 g/mol. The molecule has 1 atom stereocenters. The lowest BCUT2D eigenvalue weighted by Crippen LogP contribution is -2.08. The van der Waals surface area contributed by atoms with Crippen molar-refractivity contribution in [2.45, 2.75) is 19.9 Å². The van der Waals surface area contributed by atoms with Crippen LogP contribution in [-0.4, -0.2) is 0 Å². The van der Waals surface area contributed by atoms with Crippen LogP contribution in [0.5, 0.6) is 0 Å². The van der Waals surface area contributed by atoms with Gasteiger partial charge in [0, 0.05) is 10.0 Å². The molecule has 0 aliphatic rings. The van der Waals surface area contributed by atoms with Gasteiger partial charge in [-0.25, -0.2) is 0 Å². The maximum Gasteiger partial charge on any atom is 0.101 e. The van der Waals surface area contributed by atoms with Crippen LogP contribution in [0.2, 0.25) is 10.0 Å². The molecule has 0 aliphatic heterocycles. The van der Waals surface area contributed by atoms with E-state index in [1.54, 1.807) is 12.1 Å². The summed E-state index contributed by atoms with van der Waals surface area (Å²) >= 11 is 12.1. The van der Waals surface area contributed by atoms with E-state index < -0.39 is 0 Å². The summed E-state index contributed by atoms with van der Waals surface area (Å²) in [6.45, 7) is 3.96. The van der Waals surface area contributed by atoms with Gasteiger partial charge in [-0.2, -0.15) is 5.26 Å². The van der Waals surface area contributed by atoms with E-state index in [-0.39, 0.29) is 6.04 Å². The third kappa shape index (κ3) is 3.25. The second-order valence-electron chi connectivity index (χ2n) is 4.69. The predicted octanol–water partition coefficient (Wildman–Crippen LogP) is 5.35. The maximum absolute atomic E-state index is 9.18. The summed E-state index contributed by atoms with van der Waals surface area (Å²) in [5, 5.41) is 13.7. The van der Waals surface area contributed by atoms with Crippen LogP contribution in [0.1, 0.15) is 29.7 Å². The van der Waals surface area contributed by atoms with Crippen molar-refractivity contribution < 1.29 is 0 Å². The van der Waals surface area contributed by atoms with E-state index in [0.717, 1.165) is 16.8 Å². The van der Waals surface area contributed by atoms with Crippen LogP contribution in [0.3, 0.4) is 0 Å². The Labute approximate surface area is 128 Å².